The number of allylic oxidation sites excluding steroid dienone is 2. The Kier molecular flexibility index (Phi) is 3.63. The molecule has 0 amide bonds. The van der Waals surface area contributed by atoms with Crippen molar-refractivity contribution < 1.29 is 4.79 Å². The minimum absolute atomic E-state index is 0.205. The Labute approximate surface area is 147 Å². The second kappa shape index (κ2) is 5.72. The summed E-state index contributed by atoms with van der Waals surface area (Å²) >= 11 is 0. The van der Waals surface area contributed by atoms with Gasteiger partial charge in [0.15, 0.2) is 5.78 Å². The lowest BCUT2D eigenvalue weighted by Crippen LogP contribution is -2.33. The van der Waals surface area contributed by atoms with E-state index in [2.05, 4.69) is 51.5 Å². The van der Waals surface area contributed by atoms with E-state index < -0.39 is 0 Å². The van der Waals surface area contributed by atoms with E-state index >= 15 is 0 Å². The van der Waals surface area contributed by atoms with E-state index in [0.29, 0.717) is 18.2 Å². The summed E-state index contributed by atoms with van der Waals surface area (Å²) in [6.45, 7) is 4.00. The Morgan fingerprint density at radius 1 is 1.20 bits per heavy atom. The number of nitrogens with one attached hydrogen (secondary N) is 1. The lowest BCUT2D eigenvalue weighted by Gasteiger charge is -2.34. The predicted molar refractivity (Wildman–Crippen MR) is 97.7 cm³/mol. The number of carbonyl (C=O) groups excluding carboxylic acids is 1. The van der Waals surface area contributed by atoms with Crippen LogP contribution in [-0.2, 0) is 4.79 Å². The van der Waals surface area contributed by atoms with Crippen LogP contribution in [0.1, 0.15) is 37.2 Å². The van der Waals surface area contributed by atoms with Gasteiger partial charge in [0.2, 0.25) is 5.95 Å². The van der Waals surface area contributed by atoms with Gasteiger partial charge in [-0.3, -0.25) is 4.79 Å². The standard InChI is InChI=1S/C19H23N5O/c1-11-9-15-17(16(25)10-11)18(24-19(21-15)20-12(2)22-24)13-5-7-14(8-6-13)23(3)4/h5-8,11,18H,9-10H2,1-4H3,(H,20,21,22)/t11-,18+/m1/s1. The average Bonchev–Trinajstić information content (AvgIpc) is 2.92. The van der Waals surface area contributed by atoms with E-state index in [4.69, 9.17) is 0 Å². The van der Waals surface area contributed by atoms with Crippen LogP contribution in [0.25, 0.3) is 0 Å². The Morgan fingerprint density at radius 3 is 2.60 bits per heavy atom. The SMILES string of the molecule is Cc1nc2n(n1)[C@@H](c1ccc(N(C)C)cc1)C1=C(C[C@@H](C)CC1=O)N2. The Balaban J connectivity index is 1.85. The van der Waals surface area contributed by atoms with Gasteiger partial charge in [-0.1, -0.05) is 19.1 Å². The third-order valence-corrected chi connectivity index (χ3v) is 4.96. The van der Waals surface area contributed by atoms with Crippen molar-refractivity contribution in [3.8, 4) is 0 Å². The van der Waals surface area contributed by atoms with Gasteiger partial charge < -0.3 is 10.2 Å². The molecule has 0 fully saturated rings. The molecule has 0 saturated carbocycles. The molecule has 0 spiro atoms. The first-order valence-corrected chi connectivity index (χ1v) is 8.67. The number of anilines is 2. The van der Waals surface area contributed by atoms with Crippen molar-refractivity contribution in [2.75, 3.05) is 24.3 Å². The highest BCUT2D eigenvalue weighted by molar-refractivity contribution is 5.99. The second-order valence-corrected chi connectivity index (χ2v) is 7.27. The molecule has 1 aromatic carbocycles. The fraction of sp³-hybridized carbons (Fsp3) is 0.421. The molecule has 6 heteroatoms. The number of hydrogen-bond acceptors (Lipinski definition) is 5. The third kappa shape index (κ3) is 2.62. The fourth-order valence-corrected chi connectivity index (χ4v) is 3.78. The van der Waals surface area contributed by atoms with Crippen molar-refractivity contribution in [3.63, 3.8) is 0 Å². The smallest absolute Gasteiger partial charge is 0.226 e. The van der Waals surface area contributed by atoms with Gasteiger partial charge in [0.25, 0.3) is 0 Å². The summed E-state index contributed by atoms with van der Waals surface area (Å²) in [6.07, 6.45) is 1.47. The number of benzene rings is 1. The molecule has 2 heterocycles. The van der Waals surface area contributed by atoms with Gasteiger partial charge in [-0.25, -0.2) is 4.68 Å². The van der Waals surface area contributed by atoms with Crippen LogP contribution >= 0.6 is 0 Å². The predicted octanol–water partition coefficient (Wildman–Crippen LogP) is 2.92. The number of Topliss-reactive ketones (excluding diaryl/α,β-unsaturated/α-hetero) is 1. The summed E-state index contributed by atoms with van der Waals surface area (Å²) in [6, 6.07) is 8.13. The minimum atomic E-state index is -0.205. The van der Waals surface area contributed by atoms with E-state index in [1.54, 1.807) is 0 Å². The Hall–Kier alpha value is -2.63. The maximum absolute atomic E-state index is 12.8. The molecule has 130 valence electrons. The topological polar surface area (TPSA) is 63.1 Å². The van der Waals surface area contributed by atoms with Crippen LogP contribution in [0.15, 0.2) is 35.5 Å². The molecule has 1 aliphatic carbocycles. The molecule has 2 atom stereocenters. The maximum atomic E-state index is 12.8. The van der Waals surface area contributed by atoms with Crippen LogP contribution < -0.4 is 10.2 Å². The molecule has 6 nitrogen and oxygen atoms in total. The third-order valence-electron chi connectivity index (χ3n) is 4.96. The van der Waals surface area contributed by atoms with E-state index in [1.807, 2.05) is 25.7 Å². The molecule has 4 rings (SSSR count). The van der Waals surface area contributed by atoms with Crippen molar-refractivity contribution in [2.24, 2.45) is 5.92 Å². The van der Waals surface area contributed by atoms with E-state index in [0.717, 1.165) is 34.9 Å². The first kappa shape index (κ1) is 15.9. The van der Waals surface area contributed by atoms with Crippen LogP contribution in [-0.4, -0.2) is 34.6 Å². The second-order valence-electron chi connectivity index (χ2n) is 7.27. The largest absolute Gasteiger partial charge is 0.378 e. The van der Waals surface area contributed by atoms with Gasteiger partial charge >= 0.3 is 0 Å². The van der Waals surface area contributed by atoms with Gasteiger partial charge in [0.05, 0.1) is 0 Å². The van der Waals surface area contributed by atoms with Gasteiger partial charge in [0, 0.05) is 37.5 Å². The lowest BCUT2D eigenvalue weighted by molar-refractivity contribution is -0.117. The van der Waals surface area contributed by atoms with Crippen molar-refractivity contribution in [1.29, 1.82) is 0 Å². The molecule has 1 aliphatic heterocycles. The number of rotatable bonds is 2. The van der Waals surface area contributed by atoms with Gasteiger partial charge in [-0.15, -0.1) is 0 Å². The number of aryl methyl sites for hydroxylation is 1. The maximum Gasteiger partial charge on any atom is 0.226 e. The molecule has 25 heavy (non-hydrogen) atoms. The number of hydrogen-bond donors (Lipinski definition) is 1. The number of fused-ring (bicyclic) bond motifs is 1. The molecule has 2 aliphatic rings. The van der Waals surface area contributed by atoms with E-state index in [1.165, 1.54) is 0 Å². The van der Waals surface area contributed by atoms with Crippen molar-refractivity contribution in [1.82, 2.24) is 14.8 Å². The number of nitrogens with zero attached hydrogens (tertiary/aromatic N) is 4. The summed E-state index contributed by atoms with van der Waals surface area (Å²) in [5.41, 5.74) is 4.04. The molecule has 1 N–H and O–H groups in total. The molecule has 0 unspecified atom stereocenters. The molecular weight excluding hydrogens is 314 g/mol. The Bertz CT molecular complexity index is 862. The van der Waals surface area contributed by atoms with Gasteiger partial charge in [-0.05, 0) is 37.0 Å². The molecule has 0 saturated heterocycles. The highest BCUT2D eigenvalue weighted by atomic mass is 16.1. The number of carbonyl (C=O) groups is 1. The van der Waals surface area contributed by atoms with Crippen LogP contribution in [0.2, 0.25) is 0 Å². The van der Waals surface area contributed by atoms with E-state index in [9.17, 15) is 4.79 Å². The number of ketones is 1. The zero-order chi connectivity index (χ0) is 17.7. The summed E-state index contributed by atoms with van der Waals surface area (Å²) in [4.78, 5) is 19.4. The van der Waals surface area contributed by atoms with Crippen molar-refractivity contribution in [2.45, 2.75) is 32.7 Å². The van der Waals surface area contributed by atoms with Gasteiger partial charge in [0.1, 0.15) is 11.9 Å². The van der Waals surface area contributed by atoms with Crippen LogP contribution in [0, 0.1) is 12.8 Å². The molecule has 1 aromatic heterocycles. The van der Waals surface area contributed by atoms with Crippen LogP contribution in [0.4, 0.5) is 11.6 Å². The molecule has 0 bridgehead atoms. The van der Waals surface area contributed by atoms with Crippen LogP contribution in [0.5, 0.6) is 0 Å². The van der Waals surface area contributed by atoms with Crippen molar-refractivity contribution >= 4 is 17.4 Å². The number of aromatic nitrogens is 3. The summed E-state index contributed by atoms with van der Waals surface area (Å²) in [7, 11) is 4.04. The summed E-state index contributed by atoms with van der Waals surface area (Å²) in [5, 5.41) is 7.91. The summed E-state index contributed by atoms with van der Waals surface area (Å²) < 4.78 is 1.85. The van der Waals surface area contributed by atoms with Crippen molar-refractivity contribution in [3.05, 3.63) is 46.9 Å². The first-order chi connectivity index (χ1) is 11.9. The quantitative estimate of drug-likeness (QED) is 0.913. The highest BCUT2D eigenvalue weighted by Gasteiger charge is 2.38. The highest BCUT2D eigenvalue weighted by Crippen LogP contribution is 2.41. The average molecular weight is 337 g/mol. The fourth-order valence-electron chi connectivity index (χ4n) is 3.78. The summed E-state index contributed by atoms with van der Waals surface area (Å²) in [5.74, 6) is 1.99. The Morgan fingerprint density at radius 2 is 1.92 bits per heavy atom. The molecule has 2 aromatic rings. The zero-order valence-electron chi connectivity index (χ0n) is 15.1. The zero-order valence-corrected chi connectivity index (χ0v) is 15.1. The first-order valence-electron chi connectivity index (χ1n) is 8.67. The van der Waals surface area contributed by atoms with Gasteiger partial charge in [-0.2, -0.15) is 10.1 Å². The monoisotopic (exact) mass is 337 g/mol. The normalized spacial score (nSPS) is 22.3. The van der Waals surface area contributed by atoms with E-state index in [-0.39, 0.29) is 11.8 Å². The van der Waals surface area contributed by atoms with Crippen LogP contribution in [0.3, 0.4) is 0 Å². The molecule has 0 radical (unpaired) electrons. The minimum Gasteiger partial charge on any atom is -0.378 e. The lowest BCUT2D eigenvalue weighted by atomic mass is 9.81. The molecular formula is C19H23N5O.